The lowest BCUT2D eigenvalue weighted by molar-refractivity contribution is -0.0500. The van der Waals surface area contributed by atoms with Gasteiger partial charge in [0.05, 0.1) is 11.1 Å². The minimum atomic E-state index is -5.98. The quantitative estimate of drug-likeness (QED) is 0.309. The summed E-state index contributed by atoms with van der Waals surface area (Å²) in [5.74, 6) is -0.759. The number of alkyl halides is 3. The zero-order valence-electron chi connectivity index (χ0n) is 12.6. The van der Waals surface area contributed by atoms with Gasteiger partial charge in [-0.1, -0.05) is 6.07 Å². The summed E-state index contributed by atoms with van der Waals surface area (Å²) in [6.07, 6.45) is 0.193. The number of ether oxygens (including phenoxy) is 2. The molecule has 0 bridgehead atoms. The van der Waals surface area contributed by atoms with Crippen LogP contribution in [0.4, 0.5) is 13.2 Å². The molecule has 0 unspecified atom stereocenters. The van der Waals surface area contributed by atoms with E-state index in [-0.39, 0.29) is 30.0 Å². The van der Waals surface area contributed by atoms with Crippen LogP contribution >= 0.6 is 11.3 Å². The highest BCUT2D eigenvalue weighted by Gasteiger charge is 2.49. The van der Waals surface area contributed by atoms with Gasteiger partial charge in [0, 0.05) is 12.0 Å². The zero-order chi connectivity index (χ0) is 18.7. The summed E-state index contributed by atoms with van der Waals surface area (Å²) < 4.78 is 75.1. The number of methoxy groups -OCH3 is 1. The maximum absolute atomic E-state index is 12.7. The lowest BCUT2D eigenvalue weighted by Crippen LogP contribution is -2.28. The van der Waals surface area contributed by atoms with Gasteiger partial charge in [-0.2, -0.15) is 21.6 Å². The largest absolute Gasteiger partial charge is 0.534 e. The molecule has 2 aromatic rings. The van der Waals surface area contributed by atoms with Crippen molar-refractivity contribution in [1.29, 1.82) is 0 Å². The first-order chi connectivity index (χ1) is 11.7. The summed E-state index contributed by atoms with van der Waals surface area (Å²) in [5.41, 5.74) is -6.12. The van der Waals surface area contributed by atoms with Crippen molar-refractivity contribution in [3.63, 3.8) is 0 Å². The fourth-order valence-corrected chi connectivity index (χ4v) is 3.08. The Balaban J connectivity index is 2.69. The van der Waals surface area contributed by atoms with Gasteiger partial charge in [-0.05, 0) is 23.6 Å². The molecule has 0 atom stereocenters. The third-order valence-corrected chi connectivity index (χ3v) is 4.69. The molecule has 0 N–H and O–H groups in total. The van der Waals surface area contributed by atoms with Crippen molar-refractivity contribution in [2.24, 2.45) is 0 Å². The van der Waals surface area contributed by atoms with Crippen LogP contribution in [0.3, 0.4) is 0 Å². The predicted octanol–water partition coefficient (Wildman–Crippen LogP) is 3.44. The van der Waals surface area contributed by atoms with E-state index in [0.717, 1.165) is 17.4 Å². The van der Waals surface area contributed by atoms with Crippen molar-refractivity contribution in [3.05, 3.63) is 35.2 Å². The Kier molecular flexibility index (Phi) is 5.70. The van der Waals surface area contributed by atoms with E-state index >= 15 is 0 Å². The number of benzene rings is 1. The molecule has 2 rings (SSSR count). The Labute approximate surface area is 144 Å². The van der Waals surface area contributed by atoms with Gasteiger partial charge in [0.1, 0.15) is 5.75 Å². The van der Waals surface area contributed by atoms with Crippen LogP contribution in [-0.4, -0.2) is 34.1 Å². The number of thiophene rings is 1. The molecule has 1 heterocycles. The molecule has 1 aromatic heterocycles. The van der Waals surface area contributed by atoms with E-state index in [1.165, 1.54) is 19.2 Å². The molecule has 0 saturated heterocycles. The molecular weight excluding hydrogens is 385 g/mol. The van der Waals surface area contributed by atoms with Gasteiger partial charge in [-0.3, -0.25) is 4.79 Å². The monoisotopic (exact) mass is 396 g/mol. The molecule has 136 valence electrons. The van der Waals surface area contributed by atoms with Crippen molar-refractivity contribution < 1.29 is 40.0 Å². The third-order valence-electron chi connectivity index (χ3n) is 2.85. The molecule has 0 saturated carbocycles. The van der Waals surface area contributed by atoms with Gasteiger partial charge in [-0.15, -0.1) is 11.3 Å². The third kappa shape index (κ3) is 4.11. The molecule has 25 heavy (non-hydrogen) atoms. The summed E-state index contributed by atoms with van der Waals surface area (Å²) in [6, 6.07) is 5.51. The Hall–Kier alpha value is -2.11. The highest BCUT2D eigenvalue weighted by Crippen LogP contribution is 2.44. The van der Waals surface area contributed by atoms with Crippen LogP contribution in [0.1, 0.15) is 10.4 Å². The zero-order valence-corrected chi connectivity index (χ0v) is 14.2. The number of hydrogen-bond donors (Lipinski definition) is 0. The summed E-state index contributed by atoms with van der Waals surface area (Å²) >= 11 is 1.10. The van der Waals surface area contributed by atoms with Gasteiger partial charge in [0.15, 0.2) is 18.8 Å². The van der Waals surface area contributed by atoms with E-state index in [2.05, 4.69) is 4.18 Å². The van der Waals surface area contributed by atoms with Crippen LogP contribution < -0.4 is 8.92 Å². The molecule has 1 aromatic carbocycles. The number of carbonyl (C=O) groups is 1. The standard InChI is InChI=1S/C14H11F3O6S2/c1-21-8-22-10-5-4-9(7-18)13(12(10)11-3-2-6-24-11)23-25(19,20)14(15,16)17/h2-7H,8H2,1H3. The molecular formula is C14H11F3O6S2. The Morgan fingerprint density at radius 1 is 1.24 bits per heavy atom. The molecule has 0 aliphatic carbocycles. The summed E-state index contributed by atoms with van der Waals surface area (Å²) in [4.78, 5) is 11.5. The minimum absolute atomic E-state index is 0.00211. The van der Waals surface area contributed by atoms with Gasteiger partial charge in [0.2, 0.25) is 0 Å². The number of rotatable bonds is 7. The molecule has 11 heteroatoms. The molecule has 0 radical (unpaired) electrons. The summed E-state index contributed by atoms with van der Waals surface area (Å²) in [7, 11) is -4.65. The van der Waals surface area contributed by atoms with Crippen molar-refractivity contribution >= 4 is 27.7 Å². The van der Waals surface area contributed by atoms with E-state index in [9.17, 15) is 26.4 Å². The minimum Gasteiger partial charge on any atom is -0.467 e. The predicted molar refractivity (Wildman–Crippen MR) is 83.2 cm³/mol. The van der Waals surface area contributed by atoms with E-state index in [4.69, 9.17) is 9.47 Å². The number of halogens is 3. The first-order valence-electron chi connectivity index (χ1n) is 6.50. The van der Waals surface area contributed by atoms with Crippen molar-refractivity contribution in [1.82, 2.24) is 0 Å². The van der Waals surface area contributed by atoms with Gasteiger partial charge in [-0.25, -0.2) is 0 Å². The Bertz CT molecular complexity index is 844. The van der Waals surface area contributed by atoms with Crippen LogP contribution in [0.5, 0.6) is 11.5 Å². The van der Waals surface area contributed by atoms with Crippen LogP contribution in [0.15, 0.2) is 29.6 Å². The highest BCUT2D eigenvalue weighted by atomic mass is 32.2. The molecule has 6 nitrogen and oxygen atoms in total. The molecule has 0 aliphatic rings. The normalized spacial score (nSPS) is 12.0. The van der Waals surface area contributed by atoms with Gasteiger partial charge < -0.3 is 13.7 Å². The van der Waals surface area contributed by atoms with Crippen molar-refractivity contribution in [3.8, 4) is 21.9 Å². The van der Waals surface area contributed by atoms with E-state index < -0.39 is 21.4 Å². The second-order valence-corrected chi connectivity index (χ2v) is 6.97. The fraction of sp³-hybridized carbons (Fsp3) is 0.214. The van der Waals surface area contributed by atoms with E-state index in [0.29, 0.717) is 4.88 Å². The van der Waals surface area contributed by atoms with Gasteiger partial charge in [0.25, 0.3) is 0 Å². The molecule has 0 spiro atoms. The van der Waals surface area contributed by atoms with Crippen LogP contribution in [0.25, 0.3) is 10.4 Å². The maximum atomic E-state index is 12.7. The topological polar surface area (TPSA) is 78.9 Å². The second-order valence-electron chi connectivity index (χ2n) is 4.49. The number of aldehydes is 1. The molecule has 0 amide bonds. The molecule has 0 fully saturated rings. The lowest BCUT2D eigenvalue weighted by Gasteiger charge is -2.17. The maximum Gasteiger partial charge on any atom is 0.534 e. The fourth-order valence-electron chi connectivity index (χ4n) is 1.82. The van der Waals surface area contributed by atoms with Crippen molar-refractivity contribution in [2.45, 2.75) is 5.51 Å². The Morgan fingerprint density at radius 3 is 2.48 bits per heavy atom. The lowest BCUT2D eigenvalue weighted by atomic mass is 10.1. The SMILES string of the molecule is COCOc1ccc(C=O)c(OS(=O)(=O)C(F)(F)F)c1-c1cccs1. The van der Waals surface area contributed by atoms with Crippen LogP contribution in [0.2, 0.25) is 0 Å². The number of carbonyl (C=O) groups excluding carboxylic acids is 1. The summed E-state index contributed by atoms with van der Waals surface area (Å²) in [5, 5.41) is 1.62. The molecule has 0 aliphatic heterocycles. The average Bonchev–Trinajstić information content (AvgIpc) is 3.05. The van der Waals surface area contributed by atoms with E-state index in [1.54, 1.807) is 11.4 Å². The second kappa shape index (κ2) is 7.42. The van der Waals surface area contributed by atoms with Crippen LogP contribution in [0, 0.1) is 0 Å². The van der Waals surface area contributed by atoms with E-state index in [1.807, 2.05) is 0 Å². The highest BCUT2D eigenvalue weighted by molar-refractivity contribution is 7.88. The number of hydrogen-bond acceptors (Lipinski definition) is 7. The first-order valence-corrected chi connectivity index (χ1v) is 8.78. The summed E-state index contributed by atoms with van der Waals surface area (Å²) in [6.45, 7) is -0.246. The average molecular weight is 396 g/mol. The van der Waals surface area contributed by atoms with Gasteiger partial charge >= 0.3 is 15.6 Å². The smallest absolute Gasteiger partial charge is 0.467 e. The Morgan fingerprint density at radius 2 is 1.96 bits per heavy atom. The van der Waals surface area contributed by atoms with Crippen molar-refractivity contribution in [2.75, 3.05) is 13.9 Å². The first kappa shape index (κ1) is 19.2. The van der Waals surface area contributed by atoms with Crippen LogP contribution in [-0.2, 0) is 14.9 Å².